The van der Waals surface area contributed by atoms with Crippen molar-refractivity contribution >= 4 is 21.8 Å². The first-order valence-corrected chi connectivity index (χ1v) is 5.30. The third-order valence-electron chi connectivity index (χ3n) is 1.96. The summed E-state index contributed by atoms with van der Waals surface area (Å²) in [5, 5.41) is 0. The second-order valence-electron chi connectivity index (χ2n) is 3.05. The Morgan fingerprint density at radius 2 is 2.27 bits per heavy atom. The van der Waals surface area contributed by atoms with Gasteiger partial charge in [-0.2, -0.15) is 0 Å². The highest BCUT2D eigenvalue weighted by molar-refractivity contribution is 9.10. The van der Waals surface area contributed by atoms with E-state index in [-0.39, 0.29) is 5.91 Å². The Balaban J connectivity index is 2.50. The molecular weight excluding hydrogens is 260 g/mol. The summed E-state index contributed by atoms with van der Waals surface area (Å²) in [6.07, 6.45) is -0.554. The molecule has 4 nitrogen and oxygen atoms in total. The number of nitrogens with two attached hydrogens (primary N) is 1. The van der Waals surface area contributed by atoms with E-state index in [2.05, 4.69) is 15.9 Å². The minimum absolute atomic E-state index is 0.331. The molecule has 0 aliphatic carbocycles. The van der Waals surface area contributed by atoms with E-state index in [4.69, 9.17) is 10.6 Å². The molecule has 5 heteroatoms. The average Bonchev–Trinajstić information content (AvgIpc) is 2.26. The Hall–Kier alpha value is -0.910. The monoisotopic (exact) mass is 272 g/mol. The molecule has 0 bridgehead atoms. The van der Waals surface area contributed by atoms with E-state index in [1.165, 1.54) is 0 Å². The number of halogens is 1. The molecule has 15 heavy (non-hydrogen) atoms. The van der Waals surface area contributed by atoms with Gasteiger partial charge in [-0.05, 0) is 18.6 Å². The number of benzene rings is 1. The van der Waals surface area contributed by atoms with Crippen molar-refractivity contribution in [3.05, 3.63) is 34.3 Å². The number of rotatable bonds is 4. The summed E-state index contributed by atoms with van der Waals surface area (Å²) in [5.41, 5.74) is 3.03. The van der Waals surface area contributed by atoms with Gasteiger partial charge < -0.3 is 4.74 Å². The molecule has 0 saturated carbocycles. The van der Waals surface area contributed by atoms with Crippen LogP contribution in [0.25, 0.3) is 0 Å². The van der Waals surface area contributed by atoms with Crippen LogP contribution >= 0.6 is 15.9 Å². The van der Waals surface area contributed by atoms with Crippen LogP contribution in [-0.4, -0.2) is 12.0 Å². The standard InChI is InChI=1S/C10H13BrN2O2/c1-7(10(14)13-12)15-6-8-4-2-3-5-9(8)11/h2-5,7H,6,12H2,1H3,(H,13,14). The van der Waals surface area contributed by atoms with Gasteiger partial charge in [0.05, 0.1) is 6.61 Å². The Labute approximate surface area is 96.9 Å². The second kappa shape index (κ2) is 5.85. The molecule has 0 aromatic heterocycles. The summed E-state index contributed by atoms with van der Waals surface area (Å²) in [4.78, 5) is 11.0. The van der Waals surface area contributed by atoms with E-state index in [1.54, 1.807) is 6.92 Å². The first-order chi connectivity index (χ1) is 7.15. The number of carbonyl (C=O) groups excluding carboxylic acids is 1. The lowest BCUT2D eigenvalue weighted by atomic mass is 10.2. The van der Waals surface area contributed by atoms with E-state index in [0.717, 1.165) is 10.0 Å². The fourth-order valence-corrected chi connectivity index (χ4v) is 1.42. The van der Waals surface area contributed by atoms with E-state index >= 15 is 0 Å². The smallest absolute Gasteiger partial charge is 0.262 e. The van der Waals surface area contributed by atoms with Crippen LogP contribution in [0, 0.1) is 0 Å². The van der Waals surface area contributed by atoms with Gasteiger partial charge in [-0.3, -0.25) is 10.2 Å². The van der Waals surface area contributed by atoms with Crippen molar-refractivity contribution < 1.29 is 9.53 Å². The Bertz CT molecular complexity index is 344. The lowest BCUT2D eigenvalue weighted by Crippen LogP contribution is -2.38. The topological polar surface area (TPSA) is 64.3 Å². The van der Waals surface area contributed by atoms with Crippen molar-refractivity contribution in [2.24, 2.45) is 5.84 Å². The van der Waals surface area contributed by atoms with E-state index in [9.17, 15) is 4.79 Å². The number of hydrogen-bond donors (Lipinski definition) is 2. The highest BCUT2D eigenvalue weighted by atomic mass is 79.9. The predicted octanol–water partition coefficient (Wildman–Crippen LogP) is 1.34. The largest absolute Gasteiger partial charge is 0.364 e. The number of nitrogens with one attached hydrogen (secondary N) is 1. The summed E-state index contributed by atoms with van der Waals surface area (Å²) < 4.78 is 6.30. The molecule has 0 spiro atoms. The van der Waals surface area contributed by atoms with Crippen molar-refractivity contribution in [1.82, 2.24) is 5.43 Å². The molecule has 1 aromatic carbocycles. The zero-order valence-electron chi connectivity index (χ0n) is 8.37. The van der Waals surface area contributed by atoms with Crippen molar-refractivity contribution in [2.75, 3.05) is 0 Å². The first kappa shape index (κ1) is 12.2. The normalized spacial score (nSPS) is 12.2. The summed E-state index contributed by atoms with van der Waals surface area (Å²) in [6, 6.07) is 7.68. The zero-order valence-corrected chi connectivity index (χ0v) is 9.95. The van der Waals surface area contributed by atoms with Gasteiger partial charge in [-0.15, -0.1) is 0 Å². The minimum Gasteiger partial charge on any atom is -0.364 e. The average molecular weight is 273 g/mol. The van der Waals surface area contributed by atoms with E-state index in [1.807, 2.05) is 29.7 Å². The zero-order chi connectivity index (χ0) is 11.3. The summed E-state index contributed by atoms with van der Waals surface area (Å²) in [5.74, 6) is 4.65. The van der Waals surface area contributed by atoms with E-state index < -0.39 is 6.10 Å². The third kappa shape index (κ3) is 3.62. The number of ether oxygens (including phenoxy) is 1. The van der Waals surface area contributed by atoms with Crippen LogP contribution in [0.1, 0.15) is 12.5 Å². The lowest BCUT2D eigenvalue weighted by Gasteiger charge is -2.11. The van der Waals surface area contributed by atoms with Crippen LogP contribution in [0.3, 0.4) is 0 Å². The van der Waals surface area contributed by atoms with Gasteiger partial charge in [0.25, 0.3) is 5.91 Å². The van der Waals surface area contributed by atoms with Gasteiger partial charge in [0, 0.05) is 4.47 Å². The number of hydrazine groups is 1. The molecule has 0 fully saturated rings. The second-order valence-corrected chi connectivity index (χ2v) is 3.91. The van der Waals surface area contributed by atoms with E-state index in [0.29, 0.717) is 6.61 Å². The molecule has 1 amide bonds. The van der Waals surface area contributed by atoms with Crippen molar-refractivity contribution in [1.29, 1.82) is 0 Å². The number of amides is 1. The Morgan fingerprint density at radius 3 is 2.87 bits per heavy atom. The van der Waals surface area contributed by atoms with Gasteiger partial charge in [0.2, 0.25) is 0 Å². The maximum atomic E-state index is 11.0. The van der Waals surface area contributed by atoms with Crippen LogP contribution < -0.4 is 11.3 Å². The maximum absolute atomic E-state index is 11.0. The van der Waals surface area contributed by atoms with Crippen LogP contribution in [0.4, 0.5) is 0 Å². The molecule has 1 aromatic rings. The van der Waals surface area contributed by atoms with Crippen molar-refractivity contribution in [2.45, 2.75) is 19.6 Å². The number of carbonyl (C=O) groups is 1. The SMILES string of the molecule is CC(OCc1ccccc1Br)C(=O)NN. The predicted molar refractivity (Wildman–Crippen MR) is 60.7 cm³/mol. The van der Waals surface area contributed by atoms with Gasteiger partial charge in [-0.1, -0.05) is 34.1 Å². The third-order valence-corrected chi connectivity index (χ3v) is 2.73. The highest BCUT2D eigenvalue weighted by Gasteiger charge is 2.11. The maximum Gasteiger partial charge on any atom is 0.262 e. The molecule has 1 unspecified atom stereocenters. The molecule has 0 aliphatic rings. The van der Waals surface area contributed by atoms with Crippen LogP contribution in [0.2, 0.25) is 0 Å². The van der Waals surface area contributed by atoms with Crippen LogP contribution in [-0.2, 0) is 16.1 Å². The fourth-order valence-electron chi connectivity index (χ4n) is 1.02. The van der Waals surface area contributed by atoms with Gasteiger partial charge in [0.15, 0.2) is 0 Å². The summed E-state index contributed by atoms with van der Waals surface area (Å²) in [7, 11) is 0. The van der Waals surface area contributed by atoms with Crippen molar-refractivity contribution in [3.8, 4) is 0 Å². The quantitative estimate of drug-likeness (QED) is 0.494. The first-order valence-electron chi connectivity index (χ1n) is 4.50. The molecule has 1 atom stereocenters. The van der Waals surface area contributed by atoms with Crippen LogP contribution in [0.5, 0.6) is 0 Å². The molecule has 0 radical (unpaired) electrons. The molecule has 82 valence electrons. The number of hydrogen-bond acceptors (Lipinski definition) is 3. The fraction of sp³-hybridized carbons (Fsp3) is 0.300. The van der Waals surface area contributed by atoms with Gasteiger partial charge in [-0.25, -0.2) is 5.84 Å². The molecule has 3 N–H and O–H groups in total. The van der Waals surface area contributed by atoms with Crippen molar-refractivity contribution in [3.63, 3.8) is 0 Å². The summed E-state index contributed by atoms with van der Waals surface area (Å²) >= 11 is 3.40. The molecule has 1 rings (SSSR count). The molecular formula is C10H13BrN2O2. The molecule has 0 saturated heterocycles. The molecule has 0 aliphatic heterocycles. The summed E-state index contributed by atoms with van der Waals surface area (Å²) in [6.45, 7) is 2.02. The molecule has 0 heterocycles. The highest BCUT2D eigenvalue weighted by Crippen LogP contribution is 2.17. The van der Waals surface area contributed by atoms with Gasteiger partial charge >= 0.3 is 0 Å². The minimum atomic E-state index is -0.554. The Kier molecular flexibility index (Phi) is 4.74. The van der Waals surface area contributed by atoms with Gasteiger partial charge in [0.1, 0.15) is 6.10 Å². The van der Waals surface area contributed by atoms with Crippen LogP contribution in [0.15, 0.2) is 28.7 Å². The lowest BCUT2D eigenvalue weighted by molar-refractivity contribution is -0.132. The Morgan fingerprint density at radius 1 is 1.60 bits per heavy atom.